The van der Waals surface area contributed by atoms with E-state index in [0.717, 1.165) is 11.3 Å². The minimum Gasteiger partial charge on any atom is -0.492 e. The van der Waals surface area contributed by atoms with Crippen LogP contribution in [0, 0.1) is 6.92 Å². The highest BCUT2D eigenvalue weighted by molar-refractivity contribution is 6.32. The number of para-hydroxylation sites is 1. The van der Waals surface area contributed by atoms with Gasteiger partial charge in [-0.2, -0.15) is 0 Å². The van der Waals surface area contributed by atoms with Crippen molar-refractivity contribution < 1.29 is 9.53 Å². The molecule has 5 nitrogen and oxygen atoms in total. The van der Waals surface area contributed by atoms with Gasteiger partial charge in [0.25, 0.3) is 5.91 Å². The van der Waals surface area contributed by atoms with Crippen LogP contribution >= 0.6 is 11.6 Å². The van der Waals surface area contributed by atoms with E-state index in [4.69, 9.17) is 16.3 Å². The number of hydrogen-bond acceptors (Lipinski definition) is 3. The number of ether oxygens (including phenoxy) is 1. The number of rotatable bonds is 2. The molecule has 1 aliphatic heterocycles. The molecule has 3 rings (SSSR count). The van der Waals surface area contributed by atoms with Gasteiger partial charge in [0.05, 0.1) is 24.0 Å². The predicted molar refractivity (Wildman–Crippen MR) is 75.1 cm³/mol. The largest absolute Gasteiger partial charge is 0.492 e. The summed E-state index contributed by atoms with van der Waals surface area (Å²) in [7, 11) is 0. The van der Waals surface area contributed by atoms with Gasteiger partial charge in [-0.05, 0) is 13.0 Å². The summed E-state index contributed by atoms with van der Waals surface area (Å²) in [6.45, 7) is 2.35. The maximum atomic E-state index is 12.2. The van der Waals surface area contributed by atoms with Crippen LogP contribution < -0.4 is 10.1 Å². The molecular weight excluding hydrogens is 278 g/mol. The summed E-state index contributed by atoms with van der Waals surface area (Å²) in [6, 6.07) is 5.45. The Morgan fingerprint density at radius 2 is 2.40 bits per heavy atom. The summed E-state index contributed by atoms with van der Waals surface area (Å²) < 4.78 is 5.58. The van der Waals surface area contributed by atoms with Crippen LogP contribution in [-0.4, -0.2) is 22.5 Å². The second-order valence-electron chi connectivity index (χ2n) is 4.70. The minimum atomic E-state index is -0.193. The molecule has 0 bridgehead atoms. The molecule has 1 amide bonds. The number of hydrogen-bond donors (Lipinski definition) is 2. The van der Waals surface area contributed by atoms with E-state index in [1.165, 1.54) is 6.33 Å². The summed E-state index contributed by atoms with van der Waals surface area (Å²) in [5, 5.41) is 3.55. The van der Waals surface area contributed by atoms with E-state index in [2.05, 4.69) is 15.3 Å². The van der Waals surface area contributed by atoms with Crippen LogP contribution in [0.4, 0.5) is 0 Å². The van der Waals surface area contributed by atoms with Crippen molar-refractivity contribution in [2.75, 3.05) is 6.61 Å². The van der Waals surface area contributed by atoms with Crippen LogP contribution in [0.15, 0.2) is 24.5 Å². The molecule has 1 atom stereocenters. The smallest absolute Gasteiger partial charge is 0.272 e. The summed E-state index contributed by atoms with van der Waals surface area (Å²) in [5.41, 5.74) is 2.08. The first kappa shape index (κ1) is 13.0. The third-order valence-electron chi connectivity index (χ3n) is 3.38. The SMILES string of the molecule is Cc1[nH]cnc1C(=O)NC1CCOc2c(Cl)cccc21. The molecule has 2 aromatic rings. The van der Waals surface area contributed by atoms with Gasteiger partial charge in [-0.1, -0.05) is 23.7 Å². The summed E-state index contributed by atoms with van der Waals surface area (Å²) >= 11 is 6.11. The highest BCUT2D eigenvalue weighted by Crippen LogP contribution is 2.37. The van der Waals surface area contributed by atoms with Gasteiger partial charge in [-0.25, -0.2) is 4.98 Å². The molecule has 2 N–H and O–H groups in total. The molecular formula is C14H14ClN3O2. The molecule has 1 aliphatic rings. The van der Waals surface area contributed by atoms with Crippen LogP contribution in [0.3, 0.4) is 0 Å². The normalized spacial score (nSPS) is 17.2. The van der Waals surface area contributed by atoms with Crippen molar-refractivity contribution >= 4 is 17.5 Å². The van der Waals surface area contributed by atoms with Crippen molar-refractivity contribution in [2.45, 2.75) is 19.4 Å². The summed E-state index contributed by atoms with van der Waals surface area (Å²) in [5.74, 6) is 0.464. The molecule has 1 unspecified atom stereocenters. The zero-order valence-electron chi connectivity index (χ0n) is 10.9. The minimum absolute atomic E-state index is 0.110. The van der Waals surface area contributed by atoms with Crippen LogP contribution in [0.2, 0.25) is 5.02 Å². The Morgan fingerprint density at radius 1 is 1.55 bits per heavy atom. The maximum absolute atomic E-state index is 12.2. The van der Waals surface area contributed by atoms with Crippen molar-refractivity contribution in [3.05, 3.63) is 46.5 Å². The summed E-state index contributed by atoms with van der Waals surface area (Å²) in [4.78, 5) is 19.1. The Bertz CT molecular complexity index is 654. The lowest BCUT2D eigenvalue weighted by molar-refractivity contribution is 0.0919. The number of halogens is 1. The molecule has 6 heteroatoms. The number of aromatic nitrogens is 2. The third-order valence-corrected chi connectivity index (χ3v) is 3.67. The number of nitrogens with zero attached hydrogens (tertiary/aromatic N) is 1. The number of H-pyrrole nitrogens is 1. The van der Waals surface area contributed by atoms with E-state index >= 15 is 0 Å². The Morgan fingerprint density at radius 3 is 3.15 bits per heavy atom. The van der Waals surface area contributed by atoms with E-state index in [1.807, 2.05) is 19.1 Å². The van der Waals surface area contributed by atoms with Crippen LogP contribution in [0.1, 0.15) is 34.2 Å². The number of imidazole rings is 1. The van der Waals surface area contributed by atoms with Crippen LogP contribution in [0.5, 0.6) is 5.75 Å². The Hall–Kier alpha value is -2.01. The van der Waals surface area contributed by atoms with E-state index in [-0.39, 0.29) is 11.9 Å². The number of carbonyl (C=O) groups is 1. The molecule has 2 heterocycles. The number of aryl methyl sites for hydroxylation is 1. The van der Waals surface area contributed by atoms with Gasteiger partial charge in [-0.3, -0.25) is 4.79 Å². The highest BCUT2D eigenvalue weighted by Gasteiger charge is 2.25. The molecule has 104 valence electrons. The van der Waals surface area contributed by atoms with Crippen LogP contribution in [-0.2, 0) is 0 Å². The summed E-state index contributed by atoms with van der Waals surface area (Å²) in [6.07, 6.45) is 2.22. The van der Waals surface area contributed by atoms with Gasteiger partial charge in [-0.15, -0.1) is 0 Å². The fourth-order valence-electron chi connectivity index (χ4n) is 2.35. The Balaban J connectivity index is 1.85. The third kappa shape index (κ3) is 2.25. The molecule has 0 fully saturated rings. The zero-order chi connectivity index (χ0) is 14.1. The number of fused-ring (bicyclic) bond motifs is 1. The Kier molecular flexibility index (Phi) is 3.36. The van der Waals surface area contributed by atoms with Gasteiger partial charge in [0.1, 0.15) is 11.4 Å². The lowest BCUT2D eigenvalue weighted by Crippen LogP contribution is -2.32. The van der Waals surface area contributed by atoms with Gasteiger partial charge in [0.15, 0.2) is 0 Å². The second kappa shape index (κ2) is 5.17. The standard InChI is InChI=1S/C14H14ClN3O2/c1-8-12(17-7-16-8)14(19)18-11-5-6-20-13-9(11)3-2-4-10(13)15/h2-4,7,11H,5-6H2,1H3,(H,16,17)(H,18,19). The number of aromatic amines is 1. The molecule has 1 aromatic carbocycles. The molecule has 0 saturated carbocycles. The average molecular weight is 292 g/mol. The first-order chi connectivity index (χ1) is 9.66. The van der Waals surface area contributed by atoms with E-state index in [1.54, 1.807) is 6.07 Å². The maximum Gasteiger partial charge on any atom is 0.272 e. The van der Waals surface area contributed by atoms with Crippen molar-refractivity contribution in [3.8, 4) is 5.75 Å². The van der Waals surface area contributed by atoms with E-state index < -0.39 is 0 Å². The van der Waals surface area contributed by atoms with Crippen LogP contribution in [0.25, 0.3) is 0 Å². The van der Waals surface area contributed by atoms with Crippen molar-refractivity contribution in [2.24, 2.45) is 0 Å². The quantitative estimate of drug-likeness (QED) is 0.894. The zero-order valence-corrected chi connectivity index (χ0v) is 11.7. The van der Waals surface area contributed by atoms with E-state index in [0.29, 0.717) is 29.5 Å². The second-order valence-corrected chi connectivity index (χ2v) is 5.10. The number of carbonyl (C=O) groups excluding carboxylic acids is 1. The van der Waals surface area contributed by atoms with Gasteiger partial charge in [0, 0.05) is 17.7 Å². The first-order valence-corrected chi connectivity index (χ1v) is 6.76. The molecule has 0 spiro atoms. The number of amides is 1. The lowest BCUT2D eigenvalue weighted by Gasteiger charge is -2.27. The molecule has 1 aromatic heterocycles. The van der Waals surface area contributed by atoms with Gasteiger partial charge >= 0.3 is 0 Å². The predicted octanol–water partition coefficient (Wildman–Crippen LogP) is 2.63. The topological polar surface area (TPSA) is 67.0 Å². The Labute approximate surface area is 121 Å². The van der Waals surface area contributed by atoms with Crippen molar-refractivity contribution in [1.82, 2.24) is 15.3 Å². The fraction of sp³-hybridized carbons (Fsp3) is 0.286. The molecule has 0 radical (unpaired) electrons. The highest BCUT2D eigenvalue weighted by atomic mass is 35.5. The molecule has 0 aliphatic carbocycles. The monoisotopic (exact) mass is 291 g/mol. The van der Waals surface area contributed by atoms with Crippen molar-refractivity contribution in [1.29, 1.82) is 0 Å². The average Bonchev–Trinajstić information content (AvgIpc) is 2.86. The van der Waals surface area contributed by atoms with E-state index in [9.17, 15) is 4.79 Å². The first-order valence-electron chi connectivity index (χ1n) is 6.39. The lowest BCUT2D eigenvalue weighted by atomic mass is 10.0. The van der Waals surface area contributed by atoms with Crippen molar-refractivity contribution in [3.63, 3.8) is 0 Å². The fourth-order valence-corrected chi connectivity index (χ4v) is 2.59. The molecule has 0 saturated heterocycles. The van der Waals surface area contributed by atoms with Gasteiger partial charge in [0.2, 0.25) is 0 Å². The van der Waals surface area contributed by atoms with Gasteiger partial charge < -0.3 is 15.0 Å². The number of nitrogens with one attached hydrogen (secondary N) is 2. The number of benzene rings is 1. The molecule has 20 heavy (non-hydrogen) atoms.